The average Bonchev–Trinajstić information content (AvgIpc) is 3.00. The summed E-state index contributed by atoms with van der Waals surface area (Å²) in [7, 11) is 0. The van der Waals surface area contributed by atoms with Crippen molar-refractivity contribution >= 4 is 23.4 Å². The largest absolute Gasteiger partial charge is 0.508 e. The summed E-state index contributed by atoms with van der Waals surface area (Å²) in [6.07, 6.45) is 6.70. The van der Waals surface area contributed by atoms with Crippen LogP contribution in [0, 0.1) is 0 Å². The Morgan fingerprint density at radius 3 is 2.09 bits per heavy atom. The van der Waals surface area contributed by atoms with E-state index in [1.807, 2.05) is 42.5 Å². The van der Waals surface area contributed by atoms with Crippen LogP contribution in [0.25, 0.3) is 0 Å². The van der Waals surface area contributed by atoms with E-state index in [-0.39, 0.29) is 18.4 Å². The van der Waals surface area contributed by atoms with Crippen LogP contribution < -0.4 is 16.0 Å². The third-order valence-electron chi connectivity index (χ3n) is 6.64. The zero-order valence-corrected chi connectivity index (χ0v) is 25.5. The molecule has 0 spiro atoms. The Hall–Kier alpha value is -3.96. The third kappa shape index (κ3) is 16.0. The second-order valence-corrected chi connectivity index (χ2v) is 10.4. The minimum absolute atomic E-state index is 0.0404. The van der Waals surface area contributed by atoms with Crippen molar-refractivity contribution in [3.63, 3.8) is 0 Å². The maximum absolute atomic E-state index is 12.1. The van der Waals surface area contributed by atoms with Crippen LogP contribution in [0.4, 0.5) is 16.2 Å². The normalized spacial score (nSPS) is 11.2. The van der Waals surface area contributed by atoms with Gasteiger partial charge in [-0.3, -0.25) is 4.79 Å². The lowest BCUT2D eigenvalue weighted by atomic mass is 10.1. The number of aryl methyl sites for hydroxylation is 1. The minimum atomic E-state index is -0.833. The molecule has 10 heteroatoms. The predicted octanol–water partition coefficient (Wildman–Crippen LogP) is 5.84. The van der Waals surface area contributed by atoms with Gasteiger partial charge in [-0.05, 0) is 86.2 Å². The number of hydrogen-bond acceptors (Lipinski definition) is 7. The number of carboxylic acid groups (broad SMARTS) is 1. The number of nitrogens with one attached hydrogen (secondary N) is 3. The van der Waals surface area contributed by atoms with Crippen molar-refractivity contribution < 1.29 is 34.8 Å². The molecule has 0 aliphatic carbocycles. The standard InChI is InChI=1S/C32H43N3O5.C2H4O2/c36-24-27-22-26(15-18-30(27)37)31(38)23-33-19-7-1-2-8-20-40-21-9-6-10-25-13-16-29(17-14-25)35-32(39)34-28-11-4-3-5-12-28;1-2(3)4/h3-5,11-18,22,31,33,36-38H,1-2,6-10,19-21,23-24H2,(H2,34,35,39);1H3,(H,3,4)/t31-;/m0./s1. The average molecular weight is 610 g/mol. The van der Waals surface area contributed by atoms with Crippen LogP contribution in [0.2, 0.25) is 0 Å². The van der Waals surface area contributed by atoms with Crippen molar-refractivity contribution in [2.45, 2.75) is 64.6 Å². The first-order valence-electron chi connectivity index (χ1n) is 15.1. The Kier molecular flexibility index (Phi) is 17.9. The van der Waals surface area contributed by atoms with Crippen molar-refractivity contribution in [2.75, 3.05) is 36.9 Å². The smallest absolute Gasteiger partial charge is 0.323 e. The highest BCUT2D eigenvalue weighted by Gasteiger charge is 2.10. The number of para-hydroxylation sites is 1. The van der Waals surface area contributed by atoms with Gasteiger partial charge in [0.2, 0.25) is 0 Å². The van der Waals surface area contributed by atoms with E-state index in [0.717, 1.165) is 83.0 Å². The first-order chi connectivity index (χ1) is 21.3. The van der Waals surface area contributed by atoms with Crippen LogP contribution >= 0.6 is 0 Å². The number of aliphatic carboxylic acids is 1. The number of urea groups is 1. The quantitative estimate of drug-likeness (QED) is 0.0885. The number of hydrogen-bond donors (Lipinski definition) is 7. The third-order valence-corrected chi connectivity index (χ3v) is 6.64. The first kappa shape index (κ1) is 36.2. The SMILES string of the molecule is CC(=O)O.O=C(Nc1ccccc1)Nc1ccc(CCCCOCCCCCCNC[C@H](O)c2ccc(O)c(CO)c2)cc1. The van der Waals surface area contributed by atoms with Gasteiger partial charge in [0.15, 0.2) is 0 Å². The van der Waals surface area contributed by atoms with Crippen LogP contribution in [0.3, 0.4) is 0 Å². The molecule has 0 aliphatic rings. The van der Waals surface area contributed by atoms with Gasteiger partial charge in [-0.2, -0.15) is 0 Å². The molecule has 0 fully saturated rings. The predicted molar refractivity (Wildman–Crippen MR) is 173 cm³/mol. The van der Waals surface area contributed by atoms with Gasteiger partial charge in [0, 0.05) is 43.6 Å². The highest BCUT2D eigenvalue weighted by atomic mass is 16.5. The van der Waals surface area contributed by atoms with Crippen LogP contribution in [0.5, 0.6) is 5.75 Å². The molecule has 0 bridgehead atoms. The van der Waals surface area contributed by atoms with Gasteiger partial charge in [0.05, 0.1) is 12.7 Å². The van der Waals surface area contributed by atoms with Crippen LogP contribution in [0.15, 0.2) is 72.8 Å². The molecule has 240 valence electrons. The van der Waals surface area contributed by atoms with E-state index < -0.39 is 12.1 Å². The molecule has 3 aromatic rings. The Morgan fingerprint density at radius 1 is 0.818 bits per heavy atom. The molecular weight excluding hydrogens is 562 g/mol. The molecule has 0 heterocycles. The first-order valence-corrected chi connectivity index (χ1v) is 15.1. The van der Waals surface area contributed by atoms with Crippen molar-refractivity contribution in [2.24, 2.45) is 0 Å². The maximum Gasteiger partial charge on any atom is 0.323 e. The van der Waals surface area contributed by atoms with Crippen LogP contribution in [-0.4, -0.2) is 58.7 Å². The molecule has 0 saturated carbocycles. The topological polar surface area (TPSA) is 160 Å². The number of aliphatic hydroxyl groups excluding tert-OH is 2. The van der Waals surface area contributed by atoms with Crippen molar-refractivity contribution in [3.05, 3.63) is 89.5 Å². The zero-order chi connectivity index (χ0) is 32.0. The summed E-state index contributed by atoms with van der Waals surface area (Å²) in [4.78, 5) is 21.1. The summed E-state index contributed by atoms with van der Waals surface area (Å²) >= 11 is 0. The van der Waals surface area contributed by atoms with Gasteiger partial charge in [-0.15, -0.1) is 0 Å². The van der Waals surface area contributed by atoms with Gasteiger partial charge in [-0.25, -0.2) is 4.79 Å². The van der Waals surface area contributed by atoms with E-state index in [4.69, 9.17) is 14.6 Å². The fourth-order valence-corrected chi connectivity index (χ4v) is 4.31. The number of benzene rings is 3. The van der Waals surface area contributed by atoms with Gasteiger partial charge >= 0.3 is 6.03 Å². The number of carbonyl (C=O) groups excluding carboxylic acids is 1. The minimum Gasteiger partial charge on any atom is -0.508 e. The summed E-state index contributed by atoms with van der Waals surface area (Å²) in [5, 5.41) is 45.5. The lowest BCUT2D eigenvalue weighted by Gasteiger charge is -2.14. The molecule has 3 rings (SSSR count). The highest BCUT2D eigenvalue weighted by Crippen LogP contribution is 2.22. The van der Waals surface area contributed by atoms with E-state index >= 15 is 0 Å². The summed E-state index contributed by atoms with van der Waals surface area (Å²) in [5.74, 6) is -0.793. The van der Waals surface area contributed by atoms with Gasteiger partial charge in [-0.1, -0.05) is 49.2 Å². The number of aromatic hydroxyl groups is 1. The van der Waals surface area contributed by atoms with Crippen molar-refractivity contribution in [3.8, 4) is 5.75 Å². The number of unbranched alkanes of at least 4 members (excludes halogenated alkanes) is 4. The number of anilines is 2. The summed E-state index contributed by atoms with van der Waals surface area (Å²) in [6.45, 7) is 3.65. The number of rotatable bonds is 18. The number of amides is 2. The molecule has 44 heavy (non-hydrogen) atoms. The zero-order valence-electron chi connectivity index (χ0n) is 25.5. The van der Waals surface area contributed by atoms with Gasteiger partial charge < -0.3 is 41.1 Å². The van der Waals surface area contributed by atoms with E-state index in [0.29, 0.717) is 17.7 Å². The molecule has 0 radical (unpaired) electrons. The van der Waals surface area contributed by atoms with Crippen molar-refractivity contribution in [1.82, 2.24) is 5.32 Å². The Labute approximate surface area is 260 Å². The summed E-state index contributed by atoms with van der Waals surface area (Å²) < 4.78 is 5.78. The number of aliphatic hydroxyl groups is 2. The molecule has 0 aliphatic heterocycles. The van der Waals surface area contributed by atoms with E-state index in [1.54, 1.807) is 12.1 Å². The monoisotopic (exact) mass is 609 g/mol. The Morgan fingerprint density at radius 2 is 1.43 bits per heavy atom. The van der Waals surface area contributed by atoms with Gasteiger partial charge in [0.1, 0.15) is 5.75 Å². The lowest BCUT2D eigenvalue weighted by molar-refractivity contribution is -0.134. The lowest BCUT2D eigenvalue weighted by Crippen LogP contribution is -2.22. The number of carbonyl (C=O) groups is 2. The molecule has 7 N–H and O–H groups in total. The maximum atomic E-state index is 12.1. The molecule has 10 nitrogen and oxygen atoms in total. The number of phenols is 1. The van der Waals surface area contributed by atoms with E-state index in [2.05, 4.69) is 28.1 Å². The number of carboxylic acids is 1. The molecule has 1 atom stereocenters. The molecule has 0 saturated heterocycles. The number of ether oxygens (including phenoxy) is 1. The molecule has 0 aromatic heterocycles. The fourth-order valence-electron chi connectivity index (χ4n) is 4.31. The molecular formula is C34H47N3O7. The van der Waals surface area contributed by atoms with Crippen LogP contribution in [0.1, 0.15) is 68.2 Å². The second kappa shape index (κ2) is 21.7. The summed E-state index contributed by atoms with van der Waals surface area (Å²) in [5.41, 5.74) is 3.87. The van der Waals surface area contributed by atoms with E-state index in [9.17, 15) is 20.1 Å². The molecule has 2 amide bonds. The Bertz CT molecular complexity index is 1220. The molecule has 3 aromatic carbocycles. The van der Waals surface area contributed by atoms with Crippen LogP contribution in [-0.2, 0) is 22.6 Å². The van der Waals surface area contributed by atoms with Gasteiger partial charge in [0.25, 0.3) is 5.97 Å². The fraction of sp³-hybridized carbons (Fsp3) is 0.412. The highest BCUT2D eigenvalue weighted by molar-refractivity contribution is 5.99. The Balaban J connectivity index is 0.00000159. The second-order valence-electron chi connectivity index (χ2n) is 10.4. The summed E-state index contributed by atoms with van der Waals surface area (Å²) in [6, 6.07) is 21.9. The van der Waals surface area contributed by atoms with Crippen molar-refractivity contribution in [1.29, 1.82) is 0 Å². The molecule has 0 unspecified atom stereocenters. The van der Waals surface area contributed by atoms with E-state index in [1.165, 1.54) is 11.6 Å².